The standard InChI is InChI=1S/C17H13ClN2O2/c1-22-16-7-5-12(6-8-16)9-13(11-19)17(21)20-15-4-2-3-14(18)10-15/h2-10H,1H3,(H,20,21)/b13-9-. The van der Waals surface area contributed by atoms with Crippen molar-refractivity contribution >= 4 is 29.3 Å². The minimum atomic E-state index is -0.486. The van der Waals surface area contributed by atoms with E-state index in [4.69, 9.17) is 21.6 Å². The molecular weight excluding hydrogens is 300 g/mol. The number of nitriles is 1. The summed E-state index contributed by atoms with van der Waals surface area (Å²) in [6.45, 7) is 0. The number of nitrogens with zero attached hydrogens (tertiary/aromatic N) is 1. The smallest absolute Gasteiger partial charge is 0.266 e. The second-order valence-electron chi connectivity index (χ2n) is 4.41. The highest BCUT2D eigenvalue weighted by Gasteiger charge is 2.09. The van der Waals surface area contributed by atoms with Gasteiger partial charge in [-0.05, 0) is 42.0 Å². The van der Waals surface area contributed by atoms with Crippen LogP contribution in [0.1, 0.15) is 5.56 Å². The van der Waals surface area contributed by atoms with E-state index in [0.29, 0.717) is 16.5 Å². The molecule has 0 saturated heterocycles. The summed E-state index contributed by atoms with van der Waals surface area (Å²) in [5.74, 6) is 0.222. The molecule has 0 aromatic heterocycles. The fraction of sp³-hybridized carbons (Fsp3) is 0.0588. The molecule has 0 atom stereocenters. The maximum atomic E-state index is 12.1. The first-order valence-corrected chi connectivity index (χ1v) is 6.83. The number of hydrogen-bond acceptors (Lipinski definition) is 3. The summed E-state index contributed by atoms with van der Waals surface area (Å²) in [5.41, 5.74) is 1.28. The van der Waals surface area contributed by atoms with Crippen LogP contribution >= 0.6 is 11.6 Å². The average Bonchev–Trinajstić information content (AvgIpc) is 2.53. The number of nitrogens with one attached hydrogen (secondary N) is 1. The summed E-state index contributed by atoms with van der Waals surface area (Å²) >= 11 is 5.86. The Balaban J connectivity index is 2.17. The molecule has 0 radical (unpaired) electrons. The van der Waals surface area contributed by atoms with E-state index in [1.165, 1.54) is 6.08 Å². The number of amides is 1. The molecule has 1 N–H and O–H groups in total. The Bertz CT molecular complexity index is 746. The normalized spacial score (nSPS) is 10.7. The largest absolute Gasteiger partial charge is 0.497 e. The van der Waals surface area contributed by atoms with Crippen LogP contribution in [0, 0.1) is 11.3 Å². The number of methoxy groups -OCH3 is 1. The van der Waals surface area contributed by atoms with Crippen LogP contribution < -0.4 is 10.1 Å². The van der Waals surface area contributed by atoms with Crippen molar-refractivity contribution < 1.29 is 9.53 Å². The molecule has 0 heterocycles. The minimum Gasteiger partial charge on any atom is -0.497 e. The third kappa shape index (κ3) is 4.11. The van der Waals surface area contributed by atoms with E-state index < -0.39 is 5.91 Å². The molecule has 0 fully saturated rings. The Morgan fingerprint density at radius 2 is 2.00 bits per heavy atom. The van der Waals surface area contributed by atoms with Gasteiger partial charge in [-0.15, -0.1) is 0 Å². The van der Waals surface area contributed by atoms with Crippen molar-refractivity contribution in [1.29, 1.82) is 5.26 Å². The molecule has 2 rings (SSSR count). The zero-order chi connectivity index (χ0) is 15.9. The van der Waals surface area contributed by atoms with Crippen LogP contribution in [0.5, 0.6) is 5.75 Å². The molecule has 0 bridgehead atoms. The summed E-state index contributed by atoms with van der Waals surface area (Å²) in [7, 11) is 1.57. The molecule has 5 heteroatoms. The Morgan fingerprint density at radius 1 is 1.27 bits per heavy atom. The van der Waals surface area contributed by atoms with Crippen LogP contribution in [0.2, 0.25) is 5.02 Å². The third-order valence-electron chi connectivity index (χ3n) is 2.87. The topological polar surface area (TPSA) is 62.1 Å². The maximum Gasteiger partial charge on any atom is 0.266 e. The van der Waals surface area contributed by atoms with Crippen LogP contribution in [0.4, 0.5) is 5.69 Å². The van der Waals surface area contributed by atoms with E-state index in [1.54, 1.807) is 55.6 Å². The monoisotopic (exact) mass is 312 g/mol. The van der Waals surface area contributed by atoms with E-state index in [-0.39, 0.29) is 5.57 Å². The number of ether oxygens (including phenoxy) is 1. The van der Waals surface area contributed by atoms with E-state index in [2.05, 4.69) is 5.32 Å². The molecule has 0 saturated carbocycles. The summed E-state index contributed by atoms with van der Waals surface area (Å²) in [6, 6.07) is 15.7. The Labute approximate surface area is 133 Å². The van der Waals surface area contributed by atoms with Gasteiger partial charge in [-0.1, -0.05) is 29.8 Å². The van der Waals surface area contributed by atoms with Crippen molar-refractivity contribution in [3.8, 4) is 11.8 Å². The van der Waals surface area contributed by atoms with Crippen LogP contribution in [-0.2, 0) is 4.79 Å². The predicted octanol–water partition coefficient (Wildman–Crippen LogP) is 3.89. The summed E-state index contributed by atoms with van der Waals surface area (Å²) in [4.78, 5) is 12.1. The van der Waals surface area contributed by atoms with Gasteiger partial charge in [0.1, 0.15) is 17.4 Å². The number of hydrogen-bond donors (Lipinski definition) is 1. The van der Waals surface area contributed by atoms with Crippen molar-refractivity contribution in [3.63, 3.8) is 0 Å². The molecule has 110 valence electrons. The van der Waals surface area contributed by atoms with Crippen molar-refractivity contribution in [2.75, 3.05) is 12.4 Å². The first-order valence-electron chi connectivity index (χ1n) is 6.45. The highest BCUT2D eigenvalue weighted by Crippen LogP contribution is 2.17. The van der Waals surface area contributed by atoms with Gasteiger partial charge in [0, 0.05) is 10.7 Å². The summed E-state index contributed by atoms with van der Waals surface area (Å²) in [5, 5.41) is 12.3. The highest BCUT2D eigenvalue weighted by atomic mass is 35.5. The molecule has 0 aliphatic rings. The number of halogens is 1. The lowest BCUT2D eigenvalue weighted by atomic mass is 10.1. The molecule has 22 heavy (non-hydrogen) atoms. The number of anilines is 1. The molecule has 0 unspecified atom stereocenters. The lowest BCUT2D eigenvalue weighted by Gasteiger charge is -2.05. The quantitative estimate of drug-likeness (QED) is 0.688. The molecular formula is C17H13ClN2O2. The summed E-state index contributed by atoms with van der Waals surface area (Å²) in [6.07, 6.45) is 1.51. The van der Waals surface area contributed by atoms with E-state index in [9.17, 15) is 4.79 Å². The molecule has 0 aliphatic carbocycles. The van der Waals surface area contributed by atoms with E-state index in [0.717, 1.165) is 5.56 Å². The van der Waals surface area contributed by atoms with Crippen molar-refractivity contribution in [2.45, 2.75) is 0 Å². The molecule has 2 aromatic carbocycles. The first-order chi connectivity index (χ1) is 10.6. The van der Waals surface area contributed by atoms with Gasteiger partial charge < -0.3 is 10.1 Å². The van der Waals surface area contributed by atoms with E-state index >= 15 is 0 Å². The Hall–Kier alpha value is -2.77. The zero-order valence-corrected chi connectivity index (χ0v) is 12.6. The first kappa shape index (κ1) is 15.6. The lowest BCUT2D eigenvalue weighted by Crippen LogP contribution is -2.13. The van der Waals surface area contributed by atoms with E-state index in [1.807, 2.05) is 6.07 Å². The zero-order valence-electron chi connectivity index (χ0n) is 11.8. The molecule has 4 nitrogen and oxygen atoms in total. The molecule has 0 aliphatic heterocycles. The predicted molar refractivity (Wildman–Crippen MR) is 86.7 cm³/mol. The summed E-state index contributed by atoms with van der Waals surface area (Å²) < 4.78 is 5.06. The Morgan fingerprint density at radius 3 is 2.59 bits per heavy atom. The van der Waals surface area contributed by atoms with Gasteiger partial charge in [-0.25, -0.2) is 0 Å². The number of benzene rings is 2. The van der Waals surface area contributed by atoms with Crippen molar-refractivity contribution in [1.82, 2.24) is 0 Å². The van der Waals surface area contributed by atoms with Crippen LogP contribution in [0.25, 0.3) is 6.08 Å². The third-order valence-corrected chi connectivity index (χ3v) is 3.11. The fourth-order valence-electron chi connectivity index (χ4n) is 1.78. The van der Waals surface area contributed by atoms with Gasteiger partial charge in [0.15, 0.2) is 0 Å². The minimum absolute atomic E-state index is 0.00476. The SMILES string of the molecule is COc1ccc(/C=C(/C#N)C(=O)Nc2cccc(Cl)c2)cc1. The fourth-order valence-corrected chi connectivity index (χ4v) is 1.97. The van der Waals surface area contributed by atoms with Gasteiger partial charge in [0.25, 0.3) is 5.91 Å². The van der Waals surface area contributed by atoms with Gasteiger partial charge in [-0.3, -0.25) is 4.79 Å². The molecule has 0 spiro atoms. The molecule has 2 aromatic rings. The maximum absolute atomic E-state index is 12.1. The second-order valence-corrected chi connectivity index (χ2v) is 4.84. The van der Waals surface area contributed by atoms with Gasteiger partial charge in [0.05, 0.1) is 7.11 Å². The number of carbonyl (C=O) groups is 1. The van der Waals surface area contributed by atoms with Gasteiger partial charge >= 0.3 is 0 Å². The Kier molecular flexibility index (Phi) is 5.18. The number of carbonyl (C=O) groups excluding carboxylic acids is 1. The van der Waals surface area contributed by atoms with Crippen LogP contribution in [-0.4, -0.2) is 13.0 Å². The average molecular weight is 313 g/mol. The van der Waals surface area contributed by atoms with Gasteiger partial charge in [0.2, 0.25) is 0 Å². The lowest BCUT2D eigenvalue weighted by molar-refractivity contribution is -0.112. The van der Waals surface area contributed by atoms with Crippen LogP contribution in [0.15, 0.2) is 54.1 Å². The van der Waals surface area contributed by atoms with Gasteiger partial charge in [-0.2, -0.15) is 5.26 Å². The van der Waals surface area contributed by atoms with Crippen molar-refractivity contribution in [2.24, 2.45) is 0 Å². The molecule has 1 amide bonds. The number of rotatable bonds is 4. The van der Waals surface area contributed by atoms with Crippen molar-refractivity contribution in [3.05, 3.63) is 64.7 Å². The highest BCUT2D eigenvalue weighted by molar-refractivity contribution is 6.31. The van der Waals surface area contributed by atoms with Crippen LogP contribution in [0.3, 0.4) is 0 Å². The second kappa shape index (κ2) is 7.30.